The standard InChI is InChI=1S/C21H37N7OS/c1-4-22-20(27-13-11-26(12-14-27)15-19(29)24-17(2)3)23-8-7-18-16-30-21(25-18)28-9-5-6-10-28/h16-17H,4-15H2,1-3H3,(H,22,23)(H,24,29). The number of aliphatic imine (C=N–C) groups is 1. The third kappa shape index (κ3) is 6.84. The van der Waals surface area contributed by atoms with Gasteiger partial charge in [0.2, 0.25) is 5.91 Å². The Hall–Kier alpha value is -1.87. The van der Waals surface area contributed by atoms with Gasteiger partial charge in [0, 0.05) is 70.2 Å². The first-order chi connectivity index (χ1) is 14.5. The lowest BCUT2D eigenvalue weighted by atomic mass is 10.3. The SMILES string of the molecule is CCNC(=NCCc1csc(N2CCCC2)n1)N1CCN(CC(=O)NC(C)C)CC1. The highest BCUT2D eigenvalue weighted by Gasteiger charge is 2.21. The fourth-order valence-electron chi connectivity index (χ4n) is 3.86. The molecule has 0 saturated carbocycles. The highest BCUT2D eigenvalue weighted by Crippen LogP contribution is 2.24. The fraction of sp³-hybridized carbons (Fsp3) is 0.762. The van der Waals surface area contributed by atoms with E-state index in [1.807, 2.05) is 13.8 Å². The Morgan fingerprint density at radius 3 is 2.60 bits per heavy atom. The molecule has 0 aliphatic carbocycles. The number of hydrogen-bond acceptors (Lipinski definition) is 6. The van der Waals surface area contributed by atoms with Crippen LogP contribution >= 0.6 is 11.3 Å². The molecular weight excluding hydrogens is 398 g/mol. The third-order valence-electron chi connectivity index (χ3n) is 5.37. The van der Waals surface area contributed by atoms with Gasteiger partial charge >= 0.3 is 0 Å². The summed E-state index contributed by atoms with van der Waals surface area (Å²) < 4.78 is 0. The summed E-state index contributed by atoms with van der Waals surface area (Å²) in [5, 5.41) is 9.73. The number of nitrogens with one attached hydrogen (secondary N) is 2. The topological polar surface area (TPSA) is 76.1 Å². The molecule has 2 aliphatic heterocycles. The number of carbonyl (C=O) groups excluding carboxylic acids is 1. The van der Waals surface area contributed by atoms with Crippen molar-refractivity contribution in [1.29, 1.82) is 0 Å². The highest BCUT2D eigenvalue weighted by atomic mass is 32.1. The molecular formula is C21H37N7OS. The minimum absolute atomic E-state index is 0.107. The van der Waals surface area contributed by atoms with Crippen molar-refractivity contribution in [1.82, 2.24) is 25.4 Å². The molecule has 0 aromatic carbocycles. The third-order valence-corrected chi connectivity index (χ3v) is 6.32. The van der Waals surface area contributed by atoms with E-state index in [1.54, 1.807) is 11.3 Å². The zero-order valence-corrected chi connectivity index (χ0v) is 19.5. The van der Waals surface area contributed by atoms with Gasteiger partial charge in [-0.2, -0.15) is 0 Å². The van der Waals surface area contributed by atoms with Crippen LogP contribution in [0.5, 0.6) is 0 Å². The number of nitrogens with zero attached hydrogens (tertiary/aromatic N) is 5. The molecule has 0 bridgehead atoms. The molecule has 1 aromatic rings. The van der Waals surface area contributed by atoms with Crippen LogP contribution in [0.25, 0.3) is 0 Å². The predicted molar refractivity (Wildman–Crippen MR) is 125 cm³/mol. The van der Waals surface area contributed by atoms with E-state index >= 15 is 0 Å². The summed E-state index contributed by atoms with van der Waals surface area (Å²) in [7, 11) is 0. The summed E-state index contributed by atoms with van der Waals surface area (Å²) in [6.45, 7) is 14.0. The summed E-state index contributed by atoms with van der Waals surface area (Å²) in [5.74, 6) is 1.08. The van der Waals surface area contributed by atoms with Crippen molar-refractivity contribution in [2.75, 3.05) is 63.8 Å². The molecule has 0 radical (unpaired) electrons. The lowest BCUT2D eigenvalue weighted by Gasteiger charge is -2.36. The van der Waals surface area contributed by atoms with Crippen molar-refractivity contribution < 1.29 is 4.79 Å². The van der Waals surface area contributed by atoms with Crippen molar-refractivity contribution in [2.24, 2.45) is 4.99 Å². The molecule has 2 N–H and O–H groups in total. The molecule has 2 fully saturated rings. The van der Waals surface area contributed by atoms with Crippen LogP contribution in [0.4, 0.5) is 5.13 Å². The summed E-state index contributed by atoms with van der Waals surface area (Å²) in [4.78, 5) is 28.6. The molecule has 2 saturated heterocycles. The average Bonchev–Trinajstić information content (AvgIpc) is 3.39. The smallest absolute Gasteiger partial charge is 0.234 e. The maximum atomic E-state index is 12.0. The van der Waals surface area contributed by atoms with Crippen LogP contribution in [0.15, 0.2) is 10.4 Å². The van der Waals surface area contributed by atoms with Crippen LogP contribution < -0.4 is 15.5 Å². The van der Waals surface area contributed by atoms with E-state index in [-0.39, 0.29) is 11.9 Å². The second-order valence-electron chi connectivity index (χ2n) is 8.29. The van der Waals surface area contributed by atoms with Crippen LogP contribution in [-0.4, -0.2) is 91.6 Å². The van der Waals surface area contributed by atoms with Crippen LogP contribution in [-0.2, 0) is 11.2 Å². The largest absolute Gasteiger partial charge is 0.357 e. The van der Waals surface area contributed by atoms with Gasteiger partial charge in [-0.1, -0.05) is 0 Å². The number of guanidine groups is 1. The van der Waals surface area contributed by atoms with Gasteiger partial charge in [0.25, 0.3) is 0 Å². The fourth-order valence-corrected chi connectivity index (χ4v) is 4.77. The molecule has 0 unspecified atom stereocenters. The number of amides is 1. The first-order valence-electron chi connectivity index (χ1n) is 11.3. The lowest BCUT2D eigenvalue weighted by Crippen LogP contribution is -2.54. The summed E-state index contributed by atoms with van der Waals surface area (Å²) in [6, 6.07) is 0.190. The Labute approximate surface area is 184 Å². The molecule has 9 heteroatoms. The van der Waals surface area contributed by atoms with Crippen molar-refractivity contribution >= 4 is 28.3 Å². The van der Waals surface area contributed by atoms with Gasteiger partial charge in [-0.3, -0.25) is 14.7 Å². The quantitative estimate of drug-likeness (QED) is 0.475. The van der Waals surface area contributed by atoms with Gasteiger partial charge in [0.15, 0.2) is 11.1 Å². The number of anilines is 1. The number of rotatable bonds is 8. The molecule has 3 rings (SSSR count). The van der Waals surface area contributed by atoms with Crippen molar-refractivity contribution in [3.05, 3.63) is 11.1 Å². The monoisotopic (exact) mass is 435 g/mol. The Kier molecular flexibility index (Phi) is 8.74. The predicted octanol–water partition coefficient (Wildman–Crippen LogP) is 1.39. The van der Waals surface area contributed by atoms with Gasteiger partial charge in [-0.05, 0) is 33.6 Å². The van der Waals surface area contributed by atoms with E-state index in [9.17, 15) is 4.79 Å². The first kappa shape index (κ1) is 22.8. The molecule has 1 amide bonds. The number of hydrogen-bond donors (Lipinski definition) is 2. The van der Waals surface area contributed by atoms with Gasteiger partial charge in [-0.15, -0.1) is 11.3 Å². The average molecular weight is 436 g/mol. The molecule has 0 atom stereocenters. The summed E-state index contributed by atoms with van der Waals surface area (Å²) in [5.41, 5.74) is 1.14. The van der Waals surface area contributed by atoms with Crippen molar-refractivity contribution in [3.8, 4) is 0 Å². The molecule has 2 aliphatic rings. The maximum Gasteiger partial charge on any atom is 0.234 e. The van der Waals surface area contributed by atoms with E-state index in [0.717, 1.165) is 75.6 Å². The van der Waals surface area contributed by atoms with Crippen molar-refractivity contribution in [2.45, 2.75) is 46.1 Å². The minimum atomic E-state index is 0.107. The van der Waals surface area contributed by atoms with E-state index in [4.69, 9.17) is 9.98 Å². The molecule has 3 heterocycles. The second-order valence-corrected chi connectivity index (χ2v) is 9.12. The van der Waals surface area contributed by atoms with Crippen molar-refractivity contribution in [3.63, 3.8) is 0 Å². The summed E-state index contributed by atoms with van der Waals surface area (Å²) in [6.07, 6.45) is 3.43. The van der Waals surface area contributed by atoms with Crippen LogP contribution in [0, 0.1) is 0 Å². The second kappa shape index (κ2) is 11.5. The van der Waals surface area contributed by atoms with Crippen LogP contribution in [0.2, 0.25) is 0 Å². The van der Waals surface area contributed by atoms with Gasteiger partial charge < -0.3 is 20.4 Å². The van der Waals surface area contributed by atoms with Crippen LogP contribution in [0.1, 0.15) is 39.3 Å². The Morgan fingerprint density at radius 1 is 1.20 bits per heavy atom. The molecule has 0 spiro atoms. The molecule has 8 nitrogen and oxygen atoms in total. The first-order valence-corrected chi connectivity index (χ1v) is 12.2. The van der Waals surface area contributed by atoms with E-state index in [0.29, 0.717) is 6.54 Å². The molecule has 1 aromatic heterocycles. The zero-order valence-electron chi connectivity index (χ0n) is 18.7. The summed E-state index contributed by atoms with van der Waals surface area (Å²) >= 11 is 1.75. The van der Waals surface area contributed by atoms with E-state index in [2.05, 4.69) is 37.6 Å². The van der Waals surface area contributed by atoms with Gasteiger partial charge in [0.1, 0.15) is 0 Å². The van der Waals surface area contributed by atoms with E-state index in [1.165, 1.54) is 12.8 Å². The molecule has 168 valence electrons. The van der Waals surface area contributed by atoms with Gasteiger partial charge in [0.05, 0.1) is 12.2 Å². The number of aromatic nitrogens is 1. The Bertz CT molecular complexity index is 691. The Balaban J connectivity index is 1.46. The zero-order chi connectivity index (χ0) is 21.3. The van der Waals surface area contributed by atoms with E-state index < -0.39 is 0 Å². The van der Waals surface area contributed by atoms with Gasteiger partial charge in [-0.25, -0.2) is 4.98 Å². The minimum Gasteiger partial charge on any atom is -0.357 e. The lowest BCUT2D eigenvalue weighted by molar-refractivity contribution is -0.123. The Morgan fingerprint density at radius 2 is 1.93 bits per heavy atom. The maximum absolute atomic E-state index is 12.0. The molecule has 30 heavy (non-hydrogen) atoms. The van der Waals surface area contributed by atoms with Crippen LogP contribution in [0.3, 0.4) is 0 Å². The highest BCUT2D eigenvalue weighted by molar-refractivity contribution is 7.13. The number of carbonyl (C=O) groups is 1. The normalized spacial score (nSPS) is 18.3. The number of thiazole rings is 1. The number of piperazine rings is 1.